The van der Waals surface area contributed by atoms with Crippen molar-refractivity contribution in [3.8, 4) is 0 Å². The fourth-order valence-corrected chi connectivity index (χ4v) is 4.66. The Kier molecular flexibility index (Phi) is 6.55. The monoisotopic (exact) mass is 415 g/mol. The van der Waals surface area contributed by atoms with Crippen molar-refractivity contribution < 1.29 is 17.9 Å². The number of hydrogen-bond acceptors (Lipinski definition) is 4. The fourth-order valence-electron chi connectivity index (χ4n) is 2.53. The molecule has 5 nitrogen and oxygen atoms in total. The molecule has 0 aliphatic carbocycles. The molecule has 0 spiro atoms. The predicted molar refractivity (Wildman–Crippen MR) is 104 cm³/mol. The molecule has 8 heteroatoms. The smallest absolute Gasteiger partial charge is 0.326 e. The van der Waals surface area contributed by atoms with Gasteiger partial charge in [-0.15, -0.1) is 0 Å². The maximum atomic E-state index is 13.2. The SMILES string of the molecule is CCOC(=O)CN(c1cc(C)cc(C)c1)S(=O)(=O)c1cc(Cl)ccc1Cl. The van der Waals surface area contributed by atoms with E-state index >= 15 is 0 Å². The minimum absolute atomic E-state index is 0.0210. The van der Waals surface area contributed by atoms with Crippen LogP contribution in [0, 0.1) is 13.8 Å². The zero-order valence-electron chi connectivity index (χ0n) is 14.6. The van der Waals surface area contributed by atoms with E-state index in [2.05, 4.69) is 0 Å². The highest BCUT2D eigenvalue weighted by Crippen LogP contribution is 2.31. The largest absolute Gasteiger partial charge is 0.465 e. The second-order valence-corrected chi connectivity index (χ2v) is 8.41. The Morgan fingerprint density at radius 3 is 2.27 bits per heavy atom. The number of rotatable bonds is 6. The van der Waals surface area contributed by atoms with Gasteiger partial charge in [0.15, 0.2) is 0 Å². The van der Waals surface area contributed by atoms with Gasteiger partial charge in [-0.05, 0) is 62.2 Å². The van der Waals surface area contributed by atoms with Crippen LogP contribution in [0.2, 0.25) is 10.0 Å². The minimum Gasteiger partial charge on any atom is -0.465 e. The number of benzene rings is 2. The molecule has 0 radical (unpaired) electrons. The summed E-state index contributed by atoms with van der Waals surface area (Å²) in [6.07, 6.45) is 0. The van der Waals surface area contributed by atoms with E-state index in [-0.39, 0.29) is 21.5 Å². The lowest BCUT2D eigenvalue weighted by Gasteiger charge is -2.25. The van der Waals surface area contributed by atoms with Gasteiger partial charge in [-0.25, -0.2) is 8.42 Å². The third-order valence-corrected chi connectivity index (χ3v) is 6.02. The van der Waals surface area contributed by atoms with Crippen molar-refractivity contribution in [2.45, 2.75) is 25.7 Å². The molecule has 0 aliphatic heterocycles. The van der Waals surface area contributed by atoms with Gasteiger partial charge in [0, 0.05) is 5.02 Å². The molecule has 0 bridgehead atoms. The number of ether oxygens (including phenoxy) is 1. The van der Waals surface area contributed by atoms with E-state index in [0.717, 1.165) is 15.4 Å². The van der Waals surface area contributed by atoms with Crippen molar-refractivity contribution in [3.05, 3.63) is 57.6 Å². The maximum Gasteiger partial charge on any atom is 0.326 e. The number of halogens is 2. The second-order valence-electron chi connectivity index (χ2n) is 5.74. The maximum absolute atomic E-state index is 13.2. The van der Waals surface area contributed by atoms with Gasteiger partial charge in [-0.3, -0.25) is 9.10 Å². The first-order valence-corrected chi connectivity index (χ1v) is 10.1. The quantitative estimate of drug-likeness (QED) is 0.656. The van der Waals surface area contributed by atoms with Crippen molar-refractivity contribution in [2.24, 2.45) is 0 Å². The molecule has 0 saturated heterocycles. The van der Waals surface area contributed by atoms with Crippen LogP contribution in [0.15, 0.2) is 41.3 Å². The van der Waals surface area contributed by atoms with Crippen LogP contribution in [0.25, 0.3) is 0 Å². The molecule has 26 heavy (non-hydrogen) atoms. The highest BCUT2D eigenvalue weighted by atomic mass is 35.5. The lowest BCUT2D eigenvalue weighted by Crippen LogP contribution is -2.37. The lowest BCUT2D eigenvalue weighted by atomic mass is 10.1. The summed E-state index contributed by atoms with van der Waals surface area (Å²) >= 11 is 12.0. The number of aryl methyl sites for hydroxylation is 2. The summed E-state index contributed by atoms with van der Waals surface area (Å²) in [4.78, 5) is 11.9. The van der Waals surface area contributed by atoms with Gasteiger partial charge in [0.1, 0.15) is 11.4 Å². The molecule has 0 unspecified atom stereocenters. The molecule has 2 aromatic carbocycles. The molecular weight excluding hydrogens is 397 g/mol. The molecule has 0 N–H and O–H groups in total. The van der Waals surface area contributed by atoms with Crippen LogP contribution in [0.4, 0.5) is 5.69 Å². The zero-order chi connectivity index (χ0) is 19.5. The van der Waals surface area contributed by atoms with Gasteiger partial charge in [-0.1, -0.05) is 29.3 Å². The highest BCUT2D eigenvalue weighted by Gasteiger charge is 2.30. The number of sulfonamides is 1. The van der Waals surface area contributed by atoms with Crippen LogP contribution in [0.5, 0.6) is 0 Å². The van der Waals surface area contributed by atoms with E-state index in [9.17, 15) is 13.2 Å². The summed E-state index contributed by atoms with van der Waals surface area (Å²) in [5.74, 6) is -0.659. The van der Waals surface area contributed by atoms with Crippen LogP contribution in [-0.2, 0) is 19.6 Å². The van der Waals surface area contributed by atoms with Crippen molar-refractivity contribution in [1.29, 1.82) is 0 Å². The Hall–Kier alpha value is -1.76. The molecule has 140 valence electrons. The first kappa shape index (κ1) is 20.6. The van der Waals surface area contributed by atoms with Crippen molar-refractivity contribution >= 4 is 44.9 Å². The number of esters is 1. The second kappa shape index (κ2) is 8.29. The Morgan fingerprint density at radius 1 is 1.08 bits per heavy atom. The first-order valence-electron chi connectivity index (χ1n) is 7.87. The molecule has 0 aromatic heterocycles. The van der Waals surface area contributed by atoms with Gasteiger partial charge in [0.2, 0.25) is 0 Å². The van der Waals surface area contributed by atoms with Gasteiger partial charge in [0.25, 0.3) is 10.0 Å². The predicted octanol–water partition coefficient (Wildman–Crippen LogP) is 4.37. The van der Waals surface area contributed by atoms with Gasteiger partial charge in [0.05, 0.1) is 17.3 Å². The van der Waals surface area contributed by atoms with E-state index in [4.69, 9.17) is 27.9 Å². The molecule has 0 heterocycles. The van der Waals surface area contributed by atoms with E-state index in [0.29, 0.717) is 5.69 Å². The summed E-state index contributed by atoms with van der Waals surface area (Å²) in [7, 11) is -4.14. The Labute approximate surface area is 163 Å². The number of carbonyl (C=O) groups excluding carboxylic acids is 1. The Morgan fingerprint density at radius 2 is 1.69 bits per heavy atom. The summed E-state index contributed by atoms with van der Waals surface area (Å²) in [5.41, 5.74) is 2.08. The normalized spacial score (nSPS) is 11.3. The van der Waals surface area contributed by atoms with Gasteiger partial charge >= 0.3 is 5.97 Å². The molecular formula is C18H19Cl2NO4S. The molecule has 2 rings (SSSR count). The van der Waals surface area contributed by atoms with E-state index in [1.54, 1.807) is 19.1 Å². The van der Waals surface area contributed by atoms with Crippen molar-refractivity contribution in [2.75, 3.05) is 17.5 Å². The zero-order valence-corrected chi connectivity index (χ0v) is 17.0. The summed E-state index contributed by atoms with van der Waals surface area (Å²) < 4.78 is 32.4. The van der Waals surface area contributed by atoms with E-state index < -0.39 is 22.5 Å². The standard InChI is InChI=1S/C18H19Cl2NO4S/c1-4-25-18(22)11-21(15-8-12(2)7-13(3)9-15)26(23,24)17-10-14(19)5-6-16(17)20/h5-10H,4,11H2,1-3H3. The average molecular weight is 416 g/mol. The topological polar surface area (TPSA) is 63.7 Å². The molecule has 0 atom stereocenters. The van der Waals surface area contributed by atoms with Gasteiger partial charge < -0.3 is 4.74 Å². The van der Waals surface area contributed by atoms with Crippen LogP contribution >= 0.6 is 23.2 Å². The fraction of sp³-hybridized carbons (Fsp3) is 0.278. The van der Waals surface area contributed by atoms with Crippen LogP contribution < -0.4 is 4.31 Å². The summed E-state index contributed by atoms with van der Waals surface area (Å²) in [6, 6.07) is 9.44. The number of nitrogens with zero attached hydrogens (tertiary/aromatic N) is 1. The Balaban J connectivity index is 2.62. The summed E-state index contributed by atoms with van der Waals surface area (Å²) in [5, 5.41) is 0.247. The van der Waals surface area contributed by atoms with Crippen LogP contribution in [-0.4, -0.2) is 27.5 Å². The van der Waals surface area contributed by atoms with Crippen LogP contribution in [0.1, 0.15) is 18.1 Å². The highest BCUT2D eigenvalue weighted by molar-refractivity contribution is 7.93. The molecule has 0 aliphatic rings. The molecule has 2 aromatic rings. The van der Waals surface area contributed by atoms with Gasteiger partial charge in [-0.2, -0.15) is 0 Å². The van der Waals surface area contributed by atoms with E-state index in [1.165, 1.54) is 18.2 Å². The first-order chi connectivity index (χ1) is 12.1. The Bertz CT molecular complexity index is 909. The molecule has 0 saturated carbocycles. The average Bonchev–Trinajstić information content (AvgIpc) is 2.54. The third kappa shape index (κ3) is 4.69. The van der Waals surface area contributed by atoms with Crippen LogP contribution in [0.3, 0.4) is 0 Å². The number of hydrogen-bond donors (Lipinski definition) is 0. The number of anilines is 1. The lowest BCUT2D eigenvalue weighted by molar-refractivity contribution is -0.141. The molecule has 0 fully saturated rings. The molecule has 0 amide bonds. The van der Waals surface area contributed by atoms with Crippen molar-refractivity contribution in [3.63, 3.8) is 0 Å². The number of carbonyl (C=O) groups is 1. The van der Waals surface area contributed by atoms with E-state index in [1.807, 2.05) is 19.9 Å². The van der Waals surface area contributed by atoms with Crippen molar-refractivity contribution in [1.82, 2.24) is 0 Å². The minimum atomic E-state index is -4.14. The summed E-state index contributed by atoms with van der Waals surface area (Å²) in [6.45, 7) is 5.02. The third-order valence-electron chi connectivity index (χ3n) is 3.53.